The molecule has 1 saturated heterocycles. The lowest BCUT2D eigenvalue weighted by Crippen LogP contribution is -2.57. The van der Waals surface area contributed by atoms with Crippen molar-refractivity contribution in [3.05, 3.63) is 35.4 Å². The summed E-state index contributed by atoms with van der Waals surface area (Å²) in [5.74, 6) is -0.440. The van der Waals surface area contributed by atoms with Crippen molar-refractivity contribution < 1.29 is 19.8 Å². The smallest absolute Gasteiger partial charge is 0.314 e. The summed E-state index contributed by atoms with van der Waals surface area (Å²) in [6.07, 6.45) is 1.92. The van der Waals surface area contributed by atoms with Crippen molar-refractivity contribution in [2.45, 2.75) is 51.6 Å². The maximum atomic E-state index is 12.9. The lowest BCUT2D eigenvalue weighted by atomic mass is 9.73. The highest BCUT2D eigenvalue weighted by molar-refractivity contribution is 5.95. The molecular weight excluding hydrogens is 318 g/mol. The zero-order chi connectivity index (χ0) is 18.2. The Balaban J connectivity index is 1.83. The number of carbonyl (C=O) groups excluding carboxylic acids is 1. The van der Waals surface area contributed by atoms with Gasteiger partial charge < -0.3 is 15.1 Å². The first-order valence-electron chi connectivity index (χ1n) is 9.14. The topological polar surface area (TPSA) is 77.8 Å². The summed E-state index contributed by atoms with van der Waals surface area (Å²) in [6, 6.07) is 7.54. The van der Waals surface area contributed by atoms with Crippen molar-refractivity contribution in [3.63, 3.8) is 0 Å². The van der Waals surface area contributed by atoms with Crippen LogP contribution >= 0.6 is 0 Å². The molecule has 136 valence electrons. The number of carboxylic acid groups (broad SMARTS) is 1. The molecule has 5 heteroatoms. The van der Waals surface area contributed by atoms with Gasteiger partial charge in [-0.1, -0.05) is 38.8 Å². The monoisotopic (exact) mass is 345 g/mol. The lowest BCUT2D eigenvalue weighted by molar-refractivity contribution is -0.163. The second kappa shape index (κ2) is 6.79. The number of aliphatic hydroxyl groups excluding tert-OH is 1. The van der Waals surface area contributed by atoms with E-state index < -0.39 is 17.5 Å². The molecular formula is C20H27NO4. The quantitative estimate of drug-likeness (QED) is 0.860. The van der Waals surface area contributed by atoms with Crippen LogP contribution in [0.2, 0.25) is 0 Å². The third-order valence-electron chi connectivity index (χ3n) is 5.65. The molecule has 1 amide bonds. The Bertz CT molecular complexity index is 667. The molecule has 2 fully saturated rings. The van der Waals surface area contributed by atoms with Crippen LogP contribution in [0.1, 0.15) is 61.4 Å². The zero-order valence-corrected chi connectivity index (χ0v) is 14.9. The van der Waals surface area contributed by atoms with Gasteiger partial charge in [-0.05, 0) is 42.4 Å². The summed E-state index contributed by atoms with van der Waals surface area (Å²) in [5, 5.41) is 20.3. The summed E-state index contributed by atoms with van der Waals surface area (Å²) >= 11 is 0. The van der Waals surface area contributed by atoms with Gasteiger partial charge in [0.1, 0.15) is 5.41 Å². The molecule has 0 radical (unpaired) electrons. The summed E-state index contributed by atoms with van der Waals surface area (Å²) in [7, 11) is 0. The minimum atomic E-state index is -1.23. The van der Waals surface area contributed by atoms with Gasteiger partial charge >= 0.3 is 5.97 Å². The number of benzene rings is 1. The average molecular weight is 345 g/mol. The Morgan fingerprint density at radius 3 is 2.60 bits per heavy atom. The molecule has 1 aliphatic heterocycles. The molecule has 1 heterocycles. The van der Waals surface area contributed by atoms with Gasteiger partial charge in [0.25, 0.3) is 5.91 Å². The van der Waals surface area contributed by atoms with Crippen molar-refractivity contribution in [1.29, 1.82) is 0 Å². The highest BCUT2D eigenvalue weighted by Gasteiger charge is 2.52. The van der Waals surface area contributed by atoms with Crippen LogP contribution in [0.3, 0.4) is 0 Å². The largest absolute Gasteiger partial charge is 0.481 e. The standard InChI is InChI=1S/C20H27NO4/c1-13(2)15-4-3-5-16(10-15)18(23)21-9-8-17(22)20(12-21,19(24)25)11-14-6-7-14/h3-5,10,13-14,17,22H,6-9,11-12H2,1-2H3,(H,24,25)/t17-,20+/m1/s1. The van der Waals surface area contributed by atoms with E-state index in [1.165, 1.54) is 0 Å². The maximum Gasteiger partial charge on any atom is 0.314 e. The van der Waals surface area contributed by atoms with E-state index in [0.29, 0.717) is 36.8 Å². The Morgan fingerprint density at radius 1 is 1.28 bits per heavy atom. The fourth-order valence-electron chi connectivity index (χ4n) is 3.80. The normalized spacial score (nSPS) is 26.7. The molecule has 1 saturated carbocycles. The molecule has 1 aromatic carbocycles. The fourth-order valence-corrected chi connectivity index (χ4v) is 3.80. The number of hydrogen-bond donors (Lipinski definition) is 2. The number of carbonyl (C=O) groups is 2. The van der Waals surface area contributed by atoms with Gasteiger partial charge in [0.15, 0.2) is 0 Å². The van der Waals surface area contributed by atoms with Crippen LogP contribution in [0, 0.1) is 11.3 Å². The Hall–Kier alpha value is -1.88. The third kappa shape index (κ3) is 3.56. The van der Waals surface area contributed by atoms with Crippen LogP contribution in [-0.4, -0.2) is 46.2 Å². The Morgan fingerprint density at radius 2 is 2.00 bits per heavy atom. The first kappa shape index (κ1) is 17.9. The SMILES string of the molecule is CC(C)c1cccc(C(=O)N2CC[C@@H](O)[C@@](CC3CC3)(C(=O)O)C2)c1. The van der Waals surface area contributed by atoms with Gasteiger partial charge in [-0.25, -0.2) is 0 Å². The van der Waals surface area contributed by atoms with Gasteiger partial charge in [-0.2, -0.15) is 0 Å². The van der Waals surface area contributed by atoms with Crippen LogP contribution in [-0.2, 0) is 4.79 Å². The van der Waals surface area contributed by atoms with E-state index in [1.807, 2.05) is 18.2 Å². The van der Waals surface area contributed by atoms with Crippen LogP contribution in [0.25, 0.3) is 0 Å². The van der Waals surface area contributed by atoms with Crippen LogP contribution in [0.15, 0.2) is 24.3 Å². The number of likely N-dealkylation sites (tertiary alicyclic amines) is 1. The summed E-state index contributed by atoms with van der Waals surface area (Å²) in [5.41, 5.74) is 0.448. The van der Waals surface area contributed by atoms with E-state index >= 15 is 0 Å². The van der Waals surface area contributed by atoms with Crippen molar-refractivity contribution in [1.82, 2.24) is 4.90 Å². The van der Waals surface area contributed by atoms with Crippen LogP contribution < -0.4 is 0 Å². The van der Waals surface area contributed by atoms with E-state index in [2.05, 4.69) is 13.8 Å². The number of hydrogen-bond acceptors (Lipinski definition) is 3. The third-order valence-corrected chi connectivity index (χ3v) is 5.65. The highest BCUT2D eigenvalue weighted by atomic mass is 16.4. The van der Waals surface area contributed by atoms with Crippen molar-refractivity contribution in [2.75, 3.05) is 13.1 Å². The molecule has 0 aromatic heterocycles. The Kier molecular flexibility index (Phi) is 4.87. The minimum Gasteiger partial charge on any atom is -0.481 e. The number of aliphatic hydroxyl groups is 1. The van der Waals surface area contributed by atoms with E-state index in [9.17, 15) is 19.8 Å². The first-order chi connectivity index (χ1) is 11.8. The van der Waals surface area contributed by atoms with Gasteiger partial charge in [-0.3, -0.25) is 9.59 Å². The van der Waals surface area contributed by atoms with E-state index in [0.717, 1.165) is 18.4 Å². The van der Waals surface area contributed by atoms with E-state index in [4.69, 9.17) is 0 Å². The van der Waals surface area contributed by atoms with E-state index in [1.54, 1.807) is 11.0 Å². The fraction of sp³-hybridized carbons (Fsp3) is 0.600. The molecule has 0 spiro atoms. The number of nitrogens with zero attached hydrogens (tertiary/aromatic N) is 1. The predicted molar refractivity (Wildman–Crippen MR) is 94.5 cm³/mol. The molecule has 3 rings (SSSR count). The van der Waals surface area contributed by atoms with E-state index in [-0.39, 0.29) is 12.5 Å². The molecule has 2 aliphatic rings. The zero-order valence-electron chi connectivity index (χ0n) is 14.9. The minimum absolute atomic E-state index is 0.0880. The molecule has 0 bridgehead atoms. The Labute approximate surface area is 148 Å². The first-order valence-corrected chi connectivity index (χ1v) is 9.14. The van der Waals surface area contributed by atoms with Gasteiger partial charge in [0.05, 0.1) is 6.10 Å². The second-order valence-electron chi connectivity index (χ2n) is 7.92. The van der Waals surface area contributed by atoms with Crippen molar-refractivity contribution >= 4 is 11.9 Å². The lowest BCUT2D eigenvalue weighted by Gasteiger charge is -2.43. The average Bonchev–Trinajstić information content (AvgIpc) is 3.40. The number of rotatable bonds is 5. The molecule has 2 N–H and O–H groups in total. The van der Waals surface area contributed by atoms with Gasteiger partial charge in [-0.15, -0.1) is 0 Å². The maximum absolute atomic E-state index is 12.9. The highest BCUT2D eigenvalue weighted by Crippen LogP contribution is 2.45. The molecule has 1 aromatic rings. The summed E-state index contributed by atoms with van der Waals surface area (Å²) in [4.78, 5) is 26.6. The number of aliphatic carboxylic acids is 1. The van der Waals surface area contributed by atoms with Crippen molar-refractivity contribution in [2.24, 2.45) is 11.3 Å². The van der Waals surface area contributed by atoms with Gasteiger partial charge in [0, 0.05) is 18.7 Å². The molecule has 5 nitrogen and oxygen atoms in total. The predicted octanol–water partition coefficient (Wildman–Crippen LogP) is 2.89. The second-order valence-corrected chi connectivity index (χ2v) is 7.92. The number of piperidine rings is 1. The summed E-state index contributed by atoms with van der Waals surface area (Å²) in [6.45, 7) is 4.63. The van der Waals surface area contributed by atoms with Gasteiger partial charge in [0.2, 0.25) is 0 Å². The molecule has 2 atom stereocenters. The summed E-state index contributed by atoms with van der Waals surface area (Å²) < 4.78 is 0. The molecule has 1 aliphatic carbocycles. The van der Waals surface area contributed by atoms with Crippen LogP contribution in [0.4, 0.5) is 0 Å². The number of carboxylic acids is 1. The number of amides is 1. The molecule has 0 unspecified atom stereocenters. The van der Waals surface area contributed by atoms with Crippen LogP contribution in [0.5, 0.6) is 0 Å². The van der Waals surface area contributed by atoms with Crippen molar-refractivity contribution in [3.8, 4) is 0 Å². The molecule has 25 heavy (non-hydrogen) atoms.